The van der Waals surface area contributed by atoms with Crippen molar-refractivity contribution in [1.29, 1.82) is 0 Å². The summed E-state index contributed by atoms with van der Waals surface area (Å²) in [6.07, 6.45) is -0.642. The standard InChI is InChI=1S/C8H10O5/c1-4-2-5(4)8(13,7(11)12)3-6(9)10/h5,13H,1-3H2,(H,9,10)(H,11,12)/p-2. The molecule has 5 nitrogen and oxygen atoms in total. The Morgan fingerprint density at radius 2 is 2.08 bits per heavy atom. The molecule has 1 aliphatic carbocycles. The van der Waals surface area contributed by atoms with E-state index in [1.165, 1.54) is 0 Å². The van der Waals surface area contributed by atoms with Gasteiger partial charge in [0.2, 0.25) is 0 Å². The van der Waals surface area contributed by atoms with E-state index in [1.54, 1.807) is 0 Å². The van der Waals surface area contributed by atoms with Crippen LogP contribution >= 0.6 is 0 Å². The van der Waals surface area contributed by atoms with Gasteiger partial charge in [-0.15, -0.1) is 0 Å². The molecule has 0 aromatic rings. The smallest absolute Gasteiger partial charge is 0.116 e. The van der Waals surface area contributed by atoms with Crippen molar-refractivity contribution in [2.45, 2.75) is 18.4 Å². The summed E-state index contributed by atoms with van der Waals surface area (Å²) in [5.74, 6) is -4.12. The highest BCUT2D eigenvalue weighted by Crippen LogP contribution is 2.45. The fourth-order valence-corrected chi connectivity index (χ4v) is 1.27. The molecule has 2 unspecified atom stereocenters. The Morgan fingerprint density at radius 1 is 1.62 bits per heavy atom. The van der Waals surface area contributed by atoms with Crippen LogP contribution in [0.15, 0.2) is 12.2 Å². The minimum Gasteiger partial charge on any atom is -0.550 e. The first-order valence-corrected chi connectivity index (χ1v) is 3.69. The Labute approximate surface area is 74.3 Å². The third kappa shape index (κ3) is 1.70. The van der Waals surface area contributed by atoms with Gasteiger partial charge in [0.05, 0.1) is 5.97 Å². The maximum atomic E-state index is 10.5. The molecular formula is C8H8O5-2. The lowest BCUT2D eigenvalue weighted by Crippen LogP contribution is -2.53. The van der Waals surface area contributed by atoms with Crippen molar-refractivity contribution in [2.24, 2.45) is 5.92 Å². The van der Waals surface area contributed by atoms with Gasteiger partial charge in [-0.1, -0.05) is 12.2 Å². The van der Waals surface area contributed by atoms with Gasteiger partial charge in [0.25, 0.3) is 0 Å². The number of carbonyl (C=O) groups excluding carboxylic acids is 2. The van der Waals surface area contributed by atoms with Crippen LogP contribution in [0, 0.1) is 5.92 Å². The van der Waals surface area contributed by atoms with Crippen LogP contribution in [0.25, 0.3) is 0 Å². The number of aliphatic carboxylic acids is 2. The van der Waals surface area contributed by atoms with Gasteiger partial charge < -0.3 is 24.9 Å². The zero-order valence-electron chi connectivity index (χ0n) is 6.78. The second-order valence-electron chi connectivity index (χ2n) is 3.18. The third-order valence-electron chi connectivity index (χ3n) is 2.14. The van der Waals surface area contributed by atoms with Crippen molar-refractivity contribution in [2.75, 3.05) is 0 Å². The van der Waals surface area contributed by atoms with Gasteiger partial charge in [-0.3, -0.25) is 0 Å². The van der Waals surface area contributed by atoms with Gasteiger partial charge in [0.15, 0.2) is 0 Å². The monoisotopic (exact) mass is 184 g/mol. The fraction of sp³-hybridized carbons (Fsp3) is 0.500. The molecule has 0 amide bonds. The van der Waals surface area contributed by atoms with Crippen molar-refractivity contribution in [1.82, 2.24) is 0 Å². The first-order chi connectivity index (χ1) is 5.88. The first-order valence-electron chi connectivity index (χ1n) is 3.69. The molecule has 0 bridgehead atoms. The Kier molecular flexibility index (Phi) is 2.13. The Morgan fingerprint density at radius 3 is 2.31 bits per heavy atom. The molecule has 1 fully saturated rings. The van der Waals surface area contributed by atoms with Crippen LogP contribution in [0.5, 0.6) is 0 Å². The zero-order chi connectivity index (χ0) is 10.2. The van der Waals surface area contributed by atoms with Gasteiger partial charge in [-0.2, -0.15) is 0 Å². The van der Waals surface area contributed by atoms with E-state index in [0.717, 1.165) is 0 Å². The Hall–Kier alpha value is -1.36. The van der Waals surface area contributed by atoms with Crippen molar-refractivity contribution in [3.63, 3.8) is 0 Å². The molecule has 0 aliphatic heterocycles. The van der Waals surface area contributed by atoms with Crippen molar-refractivity contribution < 1.29 is 24.9 Å². The molecule has 2 atom stereocenters. The highest BCUT2D eigenvalue weighted by atomic mass is 16.4. The summed E-state index contributed by atoms with van der Waals surface area (Å²) in [6.45, 7) is 3.44. The van der Waals surface area contributed by atoms with Crippen LogP contribution in [0.4, 0.5) is 0 Å². The first kappa shape index (κ1) is 9.73. The van der Waals surface area contributed by atoms with E-state index in [2.05, 4.69) is 6.58 Å². The van der Waals surface area contributed by atoms with E-state index < -0.39 is 29.9 Å². The molecule has 0 spiro atoms. The number of carboxylic acid groups (broad SMARTS) is 2. The minimum atomic E-state index is -2.35. The summed E-state index contributed by atoms with van der Waals surface area (Å²) in [4.78, 5) is 20.7. The lowest BCUT2D eigenvalue weighted by Gasteiger charge is -2.29. The molecule has 13 heavy (non-hydrogen) atoms. The molecule has 1 rings (SSSR count). The summed E-state index contributed by atoms with van der Waals surface area (Å²) < 4.78 is 0. The number of carboxylic acids is 2. The van der Waals surface area contributed by atoms with E-state index in [4.69, 9.17) is 0 Å². The number of carbonyl (C=O) groups is 2. The van der Waals surface area contributed by atoms with Gasteiger partial charge >= 0.3 is 0 Å². The molecule has 5 heteroatoms. The Bertz CT molecular complexity index is 282. The average Bonchev–Trinajstić information content (AvgIpc) is 2.65. The summed E-state index contributed by atoms with van der Waals surface area (Å²) in [5, 5.41) is 30.1. The molecule has 0 saturated heterocycles. The molecule has 0 aromatic carbocycles. The van der Waals surface area contributed by atoms with Gasteiger partial charge in [0.1, 0.15) is 5.60 Å². The minimum absolute atomic E-state index is 0.317. The molecule has 1 aliphatic rings. The van der Waals surface area contributed by atoms with E-state index in [-0.39, 0.29) is 0 Å². The Balaban J connectivity index is 2.81. The van der Waals surface area contributed by atoms with Crippen LogP contribution in [-0.2, 0) is 9.59 Å². The number of rotatable bonds is 4. The van der Waals surface area contributed by atoms with E-state index in [0.29, 0.717) is 12.0 Å². The van der Waals surface area contributed by atoms with Crippen molar-refractivity contribution in [3.05, 3.63) is 12.2 Å². The molecule has 72 valence electrons. The van der Waals surface area contributed by atoms with Gasteiger partial charge in [-0.05, 0) is 6.42 Å². The maximum Gasteiger partial charge on any atom is 0.116 e. The second kappa shape index (κ2) is 2.85. The molecular weight excluding hydrogens is 176 g/mol. The average molecular weight is 184 g/mol. The number of hydrogen-bond donors (Lipinski definition) is 1. The lowest BCUT2D eigenvalue weighted by molar-refractivity contribution is -0.335. The topological polar surface area (TPSA) is 100 Å². The summed E-state index contributed by atoms with van der Waals surface area (Å²) >= 11 is 0. The SMILES string of the molecule is C=C1CC1C(O)(CC(=O)[O-])C(=O)[O-]. The molecule has 1 N–H and O–H groups in total. The molecule has 0 aromatic heterocycles. The van der Waals surface area contributed by atoms with Gasteiger partial charge in [0, 0.05) is 18.3 Å². The number of aliphatic hydroxyl groups is 1. The van der Waals surface area contributed by atoms with Crippen LogP contribution < -0.4 is 10.2 Å². The van der Waals surface area contributed by atoms with Crippen LogP contribution in [0.1, 0.15) is 12.8 Å². The number of hydrogen-bond acceptors (Lipinski definition) is 5. The van der Waals surface area contributed by atoms with Gasteiger partial charge in [-0.25, -0.2) is 0 Å². The van der Waals surface area contributed by atoms with E-state index in [1.807, 2.05) is 0 Å². The van der Waals surface area contributed by atoms with Crippen molar-refractivity contribution in [3.8, 4) is 0 Å². The van der Waals surface area contributed by atoms with Crippen LogP contribution in [0.3, 0.4) is 0 Å². The predicted molar refractivity (Wildman–Crippen MR) is 36.8 cm³/mol. The van der Waals surface area contributed by atoms with Crippen LogP contribution in [-0.4, -0.2) is 22.6 Å². The largest absolute Gasteiger partial charge is 0.550 e. The van der Waals surface area contributed by atoms with Crippen molar-refractivity contribution >= 4 is 11.9 Å². The quantitative estimate of drug-likeness (QED) is 0.475. The lowest BCUT2D eigenvalue weighted by atomic mass is 9.93. The summed E-state index contributed by atoms with van der Waals surface area (Å²) in [5.41, 5.74) is -1.83. The zero-order valence-corrected chi connectivity index (χ0v) is 6.78. The summed E-state index contributed by atoms with van der Waals surface area (Å²) in [7, 11) is 0. The highest BCUT2D eigenvalue weighted by molar-refractivity contribution is 5.83. The summed E-state index contributed by atoms with van der Waals surface area (Å²) in [6, 6.07) is 0. The molecule has 0 heterocycles. The predicted octanol–water partition coefficient (Wildman–Crippen LogP) is -2.82. The maximum absolute atomic E-state index is 10.5. The van der Waals surface area contributed by atoms with Crippen LogP contribution in [0.2, 0.25) is 0 Å². The normalized spacial score (nSPS) is 25.0. The fourth-order valence-electron chi connectivity index (χ4n) is 1.27. The highest BCUT2D eigenvalue weighted by Gasteiger charge is 2.48. The molecule has 1 saturated carbocycles. The second-order valence-corrected chi connectivity index (χ2v) is 3.18. The van der Waals surface area contributed by atoms with E-state index in [9.17, 15) is 24.9 Å². The van der Waals surface area contributed by atoms with E-state index >= 15 is 0 Å². The third-order valence-corrected chi connectivity index (χ3v) is 2.14. The molecule has 0 radical (unpaired) electrons.